The molecule has 0 aliphatic heterocycles. The highest BCUT2D eigenvalue weighted by Gasteiger charge is 2.10. The molecule has 3 rings (SSSR count). The van der Waals surface area contributed by atoms with Crippen LogP contribution >= 0.6 is 0 Å². The summed E-state index contributed by atoms with van der Waals surface area (Å²) in [6.07, 6.45) is 2.43. The maximum Gasteiger partial charge on any atom is 0.339 e. The predicted molar refractivity (Wildman–Crippen MR) is 105 cm³/mol. The van der Waals surface area contributed by atoms with E-state index in [9.17, 15) is 9.59 Å². The van der Waals surface area contributed by atoms with Gasteiger partial charge in [0, 0.05) is 22.6 Å². The Morgan fingerprint density at radius 1 is 1.11 bits per heavy atom. The average molecular weight is 380 g/mol. The van der Waals surface area contributed by atoms with Crippen LogP contribution in [0.2, 0.25) is 0 Å². The highest BCUT2D eigenvalue weighted by Crippen LogP contribution is 2.26. The van der Waals surface area contributed by atoms with Crippen molar-refractivity contribution < 1.29 is 23.4 Å². The van der Waals surface area contributed by atoms with E-state index in [1.165, 1.54) is 19.4 Å². The summed E-state index contributed by atoms with van der Waals surface area (Å²) in [6.45, 7) is 3.81. The van der Waals surface area contributed by atoms with E-state index in [1.807, 2.05) is 25.1 Å². The van der Waals surface area contributed by atoms with Crippen LogP contribution in [-0.2, 0) is 16.1 Å². The second-order valence-corrected chi connectivity index (χ2v) is 6.15. The fourth-order valence-corrected chi connectivity index (χ4v) is 2.67. The minimum atomic E-state index is -0.548. The first-order chi connectivity index (χ1) is 13.5. The molecule has 0 unspecified atom stereocenters. The number of carbonyl (C=O) groups excluding carboxylic acids is 1. The van der Waals surface area contributed by atoms with Gasteiger partial charge in [0.1, 0.15) is 23.7 Å². The number of methoxy groups -OCH3 is 1. The van der Waals surface area contributed by atoms with Crippen molar-refractivity contribution in [2.45, 2.75) is 20.5 Å². The number of fused-ring (bicyclic) bond motifs is 1. The van der Waals surface area contributed by atoms with E-state index in [0.29, 0.717) is 28.2 Å². The number of benzene rings is 2. The topological polar surface area (TPSA) is 75.0 Å². The molecule has 6 heteroatoms. The summed E-state index contributed by atoms with van der Waals surface area (Å²) in [4.78, 5) is 23.7. The Balaban J connectivity index is 1.79. The second kappa shape index (κ2) is 8.43. The normalized spacial score (nSPS) is 11.0. The van der Waals surface area contributed by atoms with E-state index in [1.54, 1.807) is 31.2 Å². The number of carbonyl (C=O) groups is 1. The molecule has 1 heterocycles. The number of ether oxygens (including phenoxy) is 3. The van der Waals surface area contributed by atoms with Crippen LogP contribution in [0.3, 0.4) is 0 Å². The smallest absolute Gasteiger partial charge is 0.339 e. The molecule has 1 aromatic heterocycles. The summed E-state index contributed by atoms with van der Waals surface area (Å²) < 4.78 is 21.2. The Kier molecular flexibility index (Phi) is 5.79. The van der Waals surface area contributed by atoms with E-state index in [0.717, 1.165) is 10.9 Å². The van der Waals surface area contributed by atoms with Crippen LogP contribution in [0.5, 0.6) is 11.5 Å². The van der Waals surface area contributed by atoms with Crippen LogP contribution < -0.4 is 15.1 Å². The zero-order chi connectivity index (χ0) is 20.1. The van der Waals surface area contributed by atoms with Crippen molar-refractivity contribution in [1.29, 1.82) is 0 Å². The van der Waals surface area contributed by atoms with Crippen molar-refractivity contribution in [3.05, 3.63) is 81.9 Å². The first-order valence-corrected chi connectivity index (χ1v) is 8.65. The van der Waals surface area contributed by atoms with Crippen LogP contribution in [0.25, 0.3) is 11.0 Å². The lowest BCUT2D eigenvalue weighted by molar-refractivity contribution is -0.129. The molecule has 6 nitrogen and oxygen atoms in total. The molecule has 144 valence electrons. The van der Waals surface area contributed by atoms with Gasteiger partial charge in [-0.3, -0.25) is 0 Å². The van der Waals surface area contributed by atoms with Gasteiger partial charge >= 0.3 is 11.6 Å². The Morgan fingerprint density at radius 3 is 2.68 bits per heavy atom. The van der Waals surface area contributed by atoms with E-state index < -0.39 is 5.97 Å². The van der Waals surface area contributed by atoms with Crippen molar-refractivity contribution in [2.75, 3.05) is 7.11 Å². The lowest BCUT2D eigenvalue weighted by Crippen LogP contribution is -2.07. The number of aryl methyl sites for hydroxylation is 1. The third-order valence-electron chi connectivity index (χ3n) is 4.35. The molecule has 0 amide bonds. The SMILES string of the molecule is COC=CC(=O)Oc1ccccc1COc1ccc2c(C)c(C)c(=O)oc2c1. The predicted octanol–water partition coefficient (Wildman–Crippen LogP) is 4.05. The van der Waals surface area contributed by atoms with E-state index >= 15 is 0 Å². The molecule has 0 aliphatic carbocycles. The Morgan fingerprint density at radius 2 is 1.89 bits per heavy atom. The fourth-order valence-electron chi connectivity index (χ4n) is 2.67. The van der Waals surface area contributed by atoms with Crippen molar-refractivity contribution in [3.63, 3.8) is 0 Å². The van der Waals surface area contributed by atoms with Crippen molar-refractivity contribution >= 4 is 16.9 Å². The Hall–Kier alpha value is -3.54. The Labute approximate surface area is 162 Å². The van der Waals surface area contributed by atoms with Gasteiger partial charge in [-0.2, -0.15) is 0 Å². The van der Waals surface area contributed by atoms with E-state index in [4.69, 9.17) is 18.6 Å². The van der Waals surface area contributed by atoms with Gasteiger partial charge in [0.05, 0.1) is 19.4 Å². The number of hydrogen-bond donors (Lipinski definition) is 0. The van der Waals surface area contributed by atoms with Gasteiger partial charge in [-0.15, -0.1) is 0 Å². The van der Waals surface area contributed by atoms with Crippen LogP contribution in [-0.4, -0.2) is 13.1 Å². The second-order valence-electron chi connectivity index (χ2n) is 6.15. The third-order valence-corrected chi connectivity index (χ3v) is 4.35. The fraction of sp³-hybridized carbons (Fsp3) is 0.182. The monoisotopic (exact) mass is 380 g/mol. The van der Waals surface area contributed by atoms with Crippen molar-refractivity contribution in [3.8, 4) is 11.5 Å². The minimum Gasteiger partial charge on any atom is -0.504 e. The van der Waals surface area contributed by atoms with Crippen LogP contribution in [0, 0.1) is 13.8 Å². The van der Waals surface area contributed by atoms with Crippen LogP contribution in [0.4, 0.5) is 0 Å². The standard InChI is InChI=1S/C22H20O6/c1-14-15(2)22(24)28-20-12-17(8-9-18(14)20)26-13-16-6-4-5-7-19(16)27-21(23)10-11-25-3/h4-12H,13H2,1-3H3. The number of rotatable bonds is 6. The van der Waals surface area contributed by atoms with Gasteiger partial charge in [0.2, 0.25) is 0 Å². The van der Waals surface area contributed by atoms with Gasteiger partial charge in [-0.25, -0.2) is 9.59 Å². The average Bonchev–Trinajstić information content (AvgIpc) is 2.69. The van der Waals surface area contributed by atoms with Crippen LogP contribution in [0.15, 0.2) is 64.0 Å². The largest absolute Gasteiger partial charge is 0.504 e. The van der Waals surface area contributed by atoms with Gasteiger partial charge < -0.3 is 18.6 Å². The first-order valence-electron chi connectivity index (χ1n) is 8.65. The molecule has 3 aromatic rings. The molecular weight excluding hydrogens is 360 g/mol. The minimum absolute atomic E-state index is 0.179. The Bertz CT molecular complexity index is 1090. The zero-order valence-corrected chi connectivity index (χ0v) is 15.9. The van der Waals surface area contributed by atoms with Crippen molar-refractivity contribution in [1.82, 2.24) is 0 Å². The molecule has 0 fully saturated rings. The molecule has 0 bridgehead atoms. The van der Waals surface area contributed by atoms with Gasteiger partial charge in [0.15, 0.2) is 0 Å². The molecule has 0 aliphatic rings. The van der Waals surface area contributed by atoms with E-state index in [2.05, 4.69) is 0 Å². The summed E-state index contributed by atoms with van der Waals surface area (Å²) in [6, 6.07) is 12.4. The first kappa shape index (κ1) is 19.2. The lowest BCUT2D eigenvalue weighted by atomic mass is 10.1. The lowest BCUT2D eigenvalue weighted by Gasteiger charge is -2.11. The molecule has 28 heavy (non-hydrogen) atoms. The van der Waals surface area contributed by atoms with Gasteiger partial charge in [0.25, 0.3) is 0 Å². The quantitative estimate of drug-likeness (QED) is 0.211. The highest BCUT2D eigenvalue weighted by molar-refractivity contribution is 5.84. The molecule has 0 spiro atoms. The van der Waals surface area contributed by atoms with Gasteiger partial charge in [-0.05, 0) is 37.6 Å². The number of esters is 1. The highest BCUT2D eigenvalue weighted by atomic mass is 16.5. The molecule has 0 atom stereocenters. The molecule has 0 N–H and O–H groups in total. The zero-order valence-electron chi connectivity index (χ0n) is 15.9. The van der Waals surface area contributed by atoms with Gasteiger partial charge in [-0.1, -0.05) is 18.2 Å². The number of para-hydroxylation sites is 1. The third kappa shape index (κ3) is 4.23. The summed E-state index contributed by atoms with van der Waals surface area (Å²) in [5.41, 5.74) is 2.29. The molecule has 0 saturated heterocycles. The maximum absolute atomic E-state index is 11.9. The van der Waals surface area contributed by atoms with Crippen molar-refractivity contribution in [2.24, 2.45) is 0 Å². The summed E-state index contributed by atoms with van der Waals surface area (Å²) in [5.74, 6) is 0.388. The summed E-state index contributed by atoms with van der Waals surface area (Å²) >= 11 is 0. The molecular formula is C22H20O6. The van der Waals surface area contributed by atoms with Crippen LogP contribution in [0.1, 0.15) is 16.7 Å². The molecule has 0 radical (unpaired) electrons. The molecule has 2 aromatic carbocycles. The van der Waals surface area contributed by atoms with E-state index in [-0.39, 0.29) is 12.2 Å². The summed E-state index contributed by atoms with van der Waals surface area (Å²) in [5, 5.41) is 0.865. The summed E-state index contributed by atoms with van der Waals surface area (Å²) in [7, 11) is 1.44. The number of hydrogen-bond acceptors (Lipinski definition) is 6. The molecule has 0 saturated carbocycles. The maximum atomic E-state index is 11.9.